The van der Waals surface area contributed by atoms with Gasteiger partial charge in [-0.2, -0.15) is 4.99 Å². The van der Waals surface area contributed by atoms with Crippen LogP contribution in [0.4, 0.5) is 5.13 Å². The predicted molar refractivity (Wildman–Crippen MR) is 78.0 cm³/mol. The quantitative estimate of drug-likeness (QED) is 0.655. The summed E-state index contributed by atoms with van der Waals surface area (Å²) >= 11 is 4.79. The highest BCUT2D eigenvalue weighted by molar-refractivity contribution is 9.10. The van der Waals surface area contributed by atoms with Crippen LogP contribution in [0.5, 0.6) is 0 Å². The fourth-order valence-corrected chi connectivity index (χ4v) is 2.16. The van der Waals surface area contributed by atoms with Crippen molar-refractivity contribution in [2.45, 2.75) is 0 Å². The molecule has 0 spiro atoms. The molecule has 1 aromatic carbocycles. The summed E-state index contributed by atoms with van der Waals surface area (Å²) in [5.74, 6) is 0.0247. The Morgan fingerprint density at radius 2 is 1.88 bits per heavy atom. The van der Waals surface area contributed by atoms with Crippen molar-refractivity contribution >= 4 is 50.8 Å². The molecule has 17 heavy (non-hydrogen) atoms. The number of nitrogens with two attached hydrogens (primary N) is 2. The third kappa shape index (κ3) is 3.69. The van der Waals surface area contributed by atoms with Gasteiger partial charge in [0.1, 0.15) is 0 Å². The molecule has 0 amide bonds. The molecular formula is C10H10BrClN4S. The first kappa shape index (κ1) is 14.0. The van der Waals surface area contributed by atoms with Crippen molar-refractivity contribution in [3.05, 3.63) is 34.1 Å². The lowest BCUT2D eigenvalue weighted by atomic mass is 10.2. The highest BCUT2D eigenvalue weighted by Gasteiger charge is 2.03. The molecule has 1 heterocycles. The zero-order valence-electron chi connectivity index (χ0n) is 8.63. The van der Waals surface area contributed by atoms with Crippen LogP contribution < -0.4 is 11.5 Å². The fraction of sp³-hybridized carbons (Fsp3) is 0. The summed E-state index contributed by atoms with van der Waals surface area (Å²) in [6.07, 6.45) is 0. The van der Waals surface area contributed by atoms with Gasteiger partial charge in [0.05, 0.1) is 5.69 Å². The van der Waals surface area contributed by atoms with E-state index in [2.05, 4.69) is 25.9 Å². The maximum atomic E-state index is 5.28. The average Bonchev–Trinajstić information content (AvgIpc) is 2.66. The van der Waals surface area contributed by atoms with Crippen LogP contribution in [0.1, 0.15) is 0 Å². The summed E-state index contributed by atoms with van der Waals surface area (Å²) in [6, 6.07) is 7.90. The Balaban J connectivity index is 0.00000144. The highest BCUT2D eigenvalue weighted by atomic mass is 79.9. The molecule has 0 aliphatic heterocycles. The third-order valence-electron chi connectivity index (χ3n) is 1.86. The van der Waals surface area contributed by atoms with E-state index in [9.17, 15) is 0 Å². The van der Waals surface area contributed by atoms with Crippen LogP contribution in [0.3, 0.4) is 0 Å². The topological polar surface area (TPSA) is 77.3 Å². The first-order valence-corrected chi connectivity index (χ1v) is 6.13. The third-order valence-corrected chi connectivity index (χ3v) is 3.12. The number of hydrogen-bond donors (Lipinski definition) is 2. The number of thiazole rings is 1. The van der Waals surface area contributed by atoms with E-state index in [1.807, 2.05) is 29.6 Å². The van der Waals surface area contributed by atoms with Crippen LogP contribution in [0.15, 0.2) is 39.1 Å². The fourth-order valence-electron chi connectivity index (χ4n) is 1.18. The molecule has 90 valence electrons. The molecule has 0 saturated heterocycles. The number of benzene rings is 1. The Kier molecular flexibility index (Phi) is 4.92. The molecule has 4 N–H and O–H groups in total. The second-order valence-electron chi connectivity index (χ2n) is 3.06. The summed E-state index contributed by atoms with van der Waals surface area (Å²) in [7, 11) is 0. The lowest BCUT2D eigenvalue weighted by Gasteiger charge is -1.95. The van der Waals surface area contributed by atoms with Crippen LogP contribution in [0, 0.1) is 0 Å². The monoisotopic (exact) mass is 332 g/mol. The SMILES string of the molecule is Cl.NC(N)=Nc1nc(-c2ccc(Br)cc2)cs1. The molecule has 2 aromatic rings. The molecular weight excluding hydrogens is 324 g/mol. The van der Waals surface area contributed by atoms with Gasteiger partial charge in [0.15, 0.2) is 5.96 Å². The highest BCUT2D eigenvalue weighted by Crippen LogP contribution is 2.27. The zero-order chi connectivity index (χ0) is 11.5. The van der Waals surface area contributed by atoms with Crippen molar-refractivity contribution < 1.29 is 0 Å². The molecule has 0 aliphatic carbocycles. The number of rotatable bonds is 2. The molecule has 0 radical (unpaired) electrons. The van der Waals surface area contributed by atoms with Crippen LogP contribution in [0.25, 0.3) is 11.3 Å². The molecule has 7 heteroatoms. The van der Waals surface area contributed by atoms with E-state index in [1.54, 1.807) is 0 Å². The largest absolute Gasteiger partial charge is 0.370 e. The van der Waals surface area contributed by atoms with Gasteiger partial charge in [-0.1, -0.05) is 28.1 Å². The summed E-state index contributed by atoms with van der Waals surface area (Å²) in [6.45, 7) is 0. The smallest absolute Gasteiger partial charge is 0.212 e. The van der Waals surface area contributed by atoms with Gasteiger partial charge in [0.25, 0.3) is 0 Å². The van der Waals surface area contributed by atoms with Crippen molar-refractivity contribution in [1.82, 2.24) is 4.98 Å². The lowest BCUT2D eigenvalue weighted by molar-refractivity contribution is 1.33. The van der Waals surface area contributed by atoms with Gasteiger partial charge in [0, 0.05) is 15.4 Å². The Hall–Kier alpha value is -1.11. The Morgan fingerprint density at radius 3 is 2.47 bits per heavy atom. The van der Waals surface area contributed by atoms with E-state index >= 15 is 0 Å². The van der Waals surface area contributed by atoms with Crippen molar-refractivity contribution in [2.75, 3.05) is 0 Å². The van der Waals surface area contributed by atoms with Crippen molar-refractivity contribution in [2.24, 2.45) is 16.5 Å². The van der Waals surface area contributed by atoms with Gasteiger partial charge in [-0.05, 0) is 12.1 Å². The Morgan fingerprint density at radius 1 is 1.24 bits per heavy atom. The summed E-state index contributed by atoms with van der Waals surface area (Å²) in [5, 5.41) is 2.49. The van der Waals surface area contributed by atoms with E-state index in [-0.39, 0.29) is 18.4 Å². The van der Waals surface area contributed by atoms with E-state index in [1.165, 1.54) is 11.3 Å². The molecule has 0 bridgehead atoms. The molecule has 2 rings (SSSR count). The molecule has 0 aliphatic rings. The van der Waals surface area contributed by atoms with E-state index in [4.69, 9.17) is 11.5 Å². The van der Waals surface area contributed by atoms with E-state index < -0.39 is 0 Å². The average molecular weight is 334 g/mol. The second kappa shape index (κ2) is 6.00. The molecule has 0 saturated carbocycles. The number of aromatic nitrogens is 1. The summed E-state index contributed by atoms with van der Waals surface area (Å²) in [4.78, 5) is 8.20. The van der Waals surface area contributed by atoms with Crippen molar-refractivity contribution in [1.29, 1.82) is 0 Å². The van der Waals surface area contributed by atoms with Crippen LogP contribution in [0.2, 0.25) is 0 Å². The van der Waals surface area contributed by atoms with Gasteiger partial charge in [-0.3, -0.25) is 0 Å². The molecule has 0 atom stereocenters. The Labute approximate surface area is 117 Å². The zero-order valence-corrected chi connectivity index (χ0v) is 11.8. The van der Waals surface area contributed by atoms with E-state index in [0.717, 1.165) is 15.7 Å². The summed E-state index contributed by atoms with van der Waals surface area (Å²) in [5.41, 5.74) is 12.5. The van der Waals surface area contributed by atoms with Crippen molar-refractivity contribution in [3.8, 4) is 11.3 Å². The molecule has 4 nitrogen and oxygen atoms in total. The molecule has 1 aromatic heterocycles. The lowest BCUT2D eigenvalue weighted by Crippen LogP contribution is -2.21. The van der Waals surface area contributed by atoms with Gasteiger partial charge < -0.3 is 11.5 Å². The normalized spacial score (nSPS) is 9.47. The molecule has 0 fully saturated rings. The first-order valence-electron chi connectivity index (χ1n) is 4.46. The number of aliphatic imine (C=N–C) groups is 1. The minimum Gasteiger partial charge on any atom is -0.370 e. The standard InChI is InChI=1S/C10H9BrN4S.ClH/c11-7-3-1-6(2-4-7)8-5-16-10(14-8)15-9(12)13;/h1-5H,(H4,12,13,14,15);1H. The maximum Gasteiger partial charge on any atom is 0.212 e. The second-order valence-corrected chi connectivity index (χ2v) is 4.81. The van der Waals surface area contributed by atoms with E-state index in [0.29, 0.717) is 5.13 Å². The molecule has 0 unspecified atom stereocenters. The number of hydrogen-bond acceptors (Lipinski definition) is 3. The number of guanidine groups is 1. The predicted octanol–water partition coefficient (Wildman–Crippen LogP) is 2.90. The van der Waals surface area contributed by atoms with Crippen LogP contribution in [-0.4, -0.2) is 10.9 Å². The van der Waals surface area contributed by atoms with Gasteiger partial charge in [0.2, 0.25) is 5.13 Å². The minimum atomic E-state index is 0. The summed E-state index contributed by atoms with van der Waals surface area (Å²) < 4.78 is 1.04. The van der Waals surface area contributed by atoms with Crippen LogP contribution >= 0.6 is 39.7 Å². The number of halogens is 2. The van der Waals surface area contributed by atoms with Gasteiger partial charge in [-0.25, -0.2) is 4.98 Å². The van der Waals surface area contributed by atoms with Crippen LogP contribution in [-0.2, 0) is 0 Å². The number of nitrogens with zero attached hydrogens (tertiary/aromatic N) is 2. The van der Waals surface area contributed by atoms with Crippen molar-refractivity contribution in [3.63, 3.8) is 0 Å². The van der Waals surface area contributed by atoms with Gasteiger partial charge in [-0.15, -0.1) is 23.7 Å². The Bertz CT molecular complexity index is 519. The minimum absolute atomic E-state index is 0. The van der Waals surface area contributed by atoms with Gasteiger partial charge >= 0.3 is 0 Å². The maximum absolute atomic E-state index is 5.28. The first-order chi connectivity index (χ1) is 7.65.